The summed E-state index contributed by atoms with van der Waals surface area (Å²) in [6.07, 6.45) is 0.208. The Morgan fingerprint density at radius 1 is 1.67 bits per heavy atom. The maximum Gasteiger partial charge on any atom is 0.242 e. The first-order chi connectivity index (χ1) is 4.13. The molecule has 0 amide bonds. The molecule has 0 aliphatic rings. The van der Waals surface area contributed by atoms with Crippen LogP contribution in [0.1, 0.15) is 6.42 Å². The van der Waals surface area contributed by atoms with Crippen LogP contribution < -0.4 is 5.84 Å². The zero-order valence-corrected chi connectivity index (χ0v) is 5.22. The average Bonchev–Trinajstić information content (AvgIpc) is 1.63. The highest BCUT2D eigenvalue weighted by atomic mass is 19.3. The Bertz CT molecular complexity index is 91.0. The molecule has 0 aliphatic carbocycles. The van der Waals surface area contributed by atoms with Crippen molar-refractivity contribution in [3.63, 3.8) is 0 Å². The molecule has 2 nitrogen and oxygen atoms in total. The highest BCUT2D eigenvalue weighted by Gasteiger charge is 1.95. The standard InChI is InChI=1S/C5H10F2N2/c1-9(8)4-2-3-5(6)7/h2,4-5H,3,8H2,1H3/b4-2-. The third-order valence-corrected chi connectivity index (χ3v) is 0.655. The van der Waals surface area contributed by atoms with Gasteiger partial charge in [0.25, 0.3) is 0 Å². The maximum absolute atomic E-state index is 11.4. The lowest BCUT2D eigenvalue weighted by atomic mass is 10.4. The maximum atomic E-state index is 11.4. The van der Waals surface area contributed by atoms with E-state index >= 15 is 0 Å². The van der Waals surface area contributed by atoms with Gasteiger partial charge in [0, 0.05) is 19.7 Å². The number of alkyl halides is 2. The quantitative estimate of drug-likeness (QED) is 0.462. The Balaban J connectivity index is 3.25. The lowest BCUT2D eigenvalue weighted by Gasteiger charge is -2.01. The van der Waals surface area contributed by atoms with Crippen molar-refractivity contribution in [1.82, 2.24) is 5.01 Å². The summed E-state index contributed by atoms with van der Waals surface area (Å²) in [6, 6.07) is 0. The average molecular weight is 136 g/mol. The zero-order chi connectivity index (χ0) is 7.28. The topological polar surface area (TPSA) is 29.3 Å². The van der Waals surface area contributed by atoms with Crippen molar-refractivity contribution >= 4 is 0 Å². The lowest BCUT2D eigenvalue weighted by molar-refractivity contribution is 0.152. The number of nitrogens with zero attached hydrogens (tertiary/aromatic N) is 1. The van der Waals surface area contributed by atoms with Crippen molar-refractivity contribution in [2.45, 2.75) is 12.8 Å². The predicted octanol–water partition coefficient (Wildman–Crippen LogP) is 0.961. The fourth-order valence-electron chi connectivity index (χ4n) is 0.330. The second-order valence-electron chi connectivity index (χ2n) is 1.68. The van der Waals surface area contributed by atoms with Crippen LogP contribution in [0.15, 0.2) is 12.3 Å². The number of halogens is 2. The molecule has 0 rings (SSSR count). The molecule has 0 aromatic carbocycles. The van der Waals surface area contributed by atoms with Gasteiger partial charge in [0.2, 0.25) is 6.43 Å². The van der Waals surface area contributed by atoms with Gasteiger partial charge in [-0.25, -0.2) is 14.6 Å². The van der Waals surface area contributed by atoms with Crippen molar-refractivity contribution in [2.24, 2.45) is 5.84 Å². The van der Waals surface area contributed by atoms with E-state index in [0.717, 1.165) is 0 Å². The second-order valence-corrected chi connectivity index (χ2v) is 1.68. The second kappa shape index (κ2) is 4.26. The molecule has 0 saturated heterocycles. The van der Waals surface area contributed by atoms with E-state index in [0.29, 0.717) is 0 Å². The number of rotatable bonds is 3. The summed E-state index contributed by atoms with van der Waals surface area (Å²) >= 11 is 0. The zero-order valence-electron chi connectivity index (χ0n) is 5.22. The first kappa shape index (κ1) is 8.36. The number of nitrogens with two attached hydrogens (primary N) is 1. The van der Waals surface area contributed by atoms with Crippen LogP contribution in [0.4, 0.5) is 8.78 Å². The molecule has 0 atom stereocenters. The van der Waals surface area contributed by atoms with Crippen LogP contribution in [-0.2, 0) is 0 Å². The lowest BCUT2D eigenvalue weighted by Crippen LogP contribution is -2.18. The highest BCUT2D eigenvalue weighted by molar-refractivity contribution is 4.78. The summed E-state index contributed by atoms with van der Waals surface area (Å²) in [5.74, 6) is 5.08. The van der Waals surface area contributed by atoms with Crippen molar-refractivity contribution in [1.29, 1.82) is 0 Å². The number of allylic oxidation sites excluding steroid dienone is 1. The molecular formula is C5H10F2N2. The summed E-state index contributed by atoms with van der Waals surface area (Å²) in [5, 5.41) is 1.22. The summed E-state index contributed by atoms with van der Waals surface area (Å²) < 4.78 is 22.7. The molecule has 0 aliphatic heterocycles. The minimum absolute atomic E-state index is 0.235. The monoisotopic (exact) mass is 136 g/mol. The van der Waals surface area contributed by atoms with E-state index in [4.69, 9.17) is 5.84 Å². The normalized spacial score (nSPS) is 11.2. The summed E-state index contributed by atoms with van der Waals surface area (Å²) in [7, 11) is 1.57. The van der Waals surface area contributed by atoms with Gasteiger partial charge in [-0.15, -0.1) is 0 Å². The molecule has 0 saturated carbocycles. The predicted molar refractivity (Wildman–Crippen MR) is 31.7 cm³/mol. The molecule has 54 valence electrons. The molecule has 0 fully saturated rings. The minimum atomic E-state index is -2.28. The molecule has 0 aromatic rings. The van der Waals surface area contributed by atoms with E-state index in [1.54, 1.807) is 7.05 Å². The largest absolute Gasteiger partial charge is 0.322 e. The summed E-state index contributed by atoms with van der Waals surface area (Å²) in [5.41, 5.74) is 0. The Morgan fingerprint density at radius 3 is 2.56 bits per heavy atom. The molecule has 0 spiro atoms. The van der Waals surface area contributed by atoms with E-state index < -0.39 is 6.43 Å². The van der Waals surface area contributed by atoms with Crippen LogP contribution >= 0.6 is 0 Å². The molecule has 9 heavy (non-hydrogen) atoms. The fourth-order valence-corrected chi connectivity index (χ4v) is 0.330. The van der Waals surface area contributed by atoms with Gasteiger partial charge in [0.1, 0.15) is 0 Å². The molecule has 0 unspecified atom stereocenters. The minimum Gasteiger partial charge on any atom is -0.322 e. The van der Waals surface area contributed by atoms with Gasteiger partial charge in [0.15, 0.2) is 0 Å². The van der Waals surface area contributed by atoms with Crippen molar-refractivity contribution in [2.75, 3.05) is 7.05 Å². The van der Waals surface area contributed by atoms with Crippen LogP contribution in [0.5, 0.6) is 0 Å². The Kier molecular flexibility index (Phi) is 3.96. The van der Waals surface area contributed by atoms with Gasteiger partial charge >= 0.3 is 0 Å². The first-order valence-electron chi connectivity index (χ1n) is 2.55. The number of hydrazine groups is 1. The molecule has 0 bridgehead atoms. The Labute approximate surface area is 52.9 Å². The van der Waals surface area contributed by atoms with Gasteiger partial charge in [-0.05, 0) is 0 Å². The van der Waals surface area contributed by atoms with Crippen LogP contribution in [0.2, 0.25) is 0 Å². The molecule has 0 aromatic heterocycles. The molecular weight excluding hydrogens is 126 g/mol. The number of hydrogen-bond donors (Lipinski definition) is 1. The highest BCUT2D eigenvalue weighted by Crippen LogP contribution is 1.98. The Hall–Kier alpha value is -0.640. The van der Waals surface area contributed by atoms with E-state index in [2.05, 4.69) is 0 Å². The van der Waals surface area contributed by atoms with Crippen LogP contribution in [0.3, 0.4) is 0 Å². The first-order valence-corrected chi connectivity index (χ1v) is 2.55. The van der Waals surface area contributed by atoms with Crippen molar-refractivity contribution in [3.05, 3.63) is 12.3 Å². The third kappa shape index (κ3) is 7.36. The van der Waals surface area contributed by atoms with E-state index in [9.17, 15) is 8.78 Å². The van der Waals surface area contributed by atoms with Crippen LogP contribution in [0, 0.1) is 0 Å². The van der Waals surface area contributed by atoms with Crippen molar-refractivity contribution in [3.8, 4) is 0 Å². The van der Waals surface area contributed by atoms with E-state index in [-0.39, 0.29) is 6.42 Å². The molecule has 0 radical (unpaired) electrons. The fraction of sp³-hybridized carbons (Fsp3) is 0.600. The SMILES string of the molecule is CN(N)/C=C\CC(F)F. The molecule has 0 heterocycles. The van der Waals surface area contributed by atoms with Crippen LogP contribution in [-0.4, -0.2) is 18.5 Å². The van der Waals surface area contributed by atoms with Gasteiger partial charge in [-0.1, -0.05) is 6.08 Å². The van der Waals surface area contributed by atoms with E-state index in [1.165, 1.54) is 17.3 Å². The third-order valence-electron chi connectivity index (χ3n) is 0.655. The van der Waals surface area contributed by atoms with E-state index in [1.807, 2.05) is 0 Å². The molecule has 2 N–H and O–H groups in total. The van der Waals surface area contributed by atoms with Crippen molar-refractivity contribution < 1.29 is 8.78 Å². The molecule has 4 heteroatoms. The van der Waals surface area contributed by atoms with Crippen LogP contribution in [0.25, 0.3) is 0 Å². The number of hydrogen-bond acceptors (Lipinski definition) is 2. The smallest absolute Gasteiger partial charge is 0.242 e. The van der Waals surface area contributed by atoms with Gasteiger partial charge in [0.05, 0.1) is 0 Å². The Morgan fingerprint density at radius 2 is 2.22 bits per heavy atom. The van der Waals surface area contributed by atoms with Gasteiger partial charge in [-0.2, -0.15) is 0 Å². The van der Waals surface area contributed by atoms with Gasteiger partial charge in [-0.3, -0.25) is 0 Å². The summed E-state index contributed by atoms with van der Waals surface area (Å²) in [6.45, 7) is 0. The van der Waals surface area contributed by atoms with Gasteiger partial charge < -0.3 is 5.01 Å². The summed E-state index contributed by atoms with van der Waals surface area (Å²) in [4.78, 5) is 0.